The van der Waals surface area contributed by atoms with Crippen molar-refractivity contribution in [1.82, 2.24) is 20.2 Å². The van der Waals surface area contributed by atoms with E-state index < -0.39 is 0 Å². The second-order valence-electron chi connectivity index (χ2n) is 6.29. The lowest BCUT2D eigenvalue weighted by molar-refractivity contribution is 0.0784. The van der Waals surface area contributed by atoms with Crippen molar-refractivity contribution < 1.29 is 13.8 Å². The highest BCUT2D eigenvalue weighted by Crippen LogP contribution is 2.26. The van der Waals surface area contributed by atoms with Crippen LogP contribution in [-0.2, 0) is 6.54 Å². The van der Waals surface area contributed by atoms with Gasteiger partial charge in [-0.2, -0.15) is 0 Å². The van der Waals surface area contributed by atoms with Gasteiger partial charge in [0.15, 0.2) is 0 Å². The third kappa shape index (κ3) is 2.89. The van der Waals surface area contributed by atoms with Crippen LogP contribution in [0.2, 0.25) is 0 Å². The summed E-state index contributed by atoms with van der Waals surface area (Å²) in [6, 6.07) is 3.64. The second kappa shape index (κ2) is 6.07. The van der Waals surface area contributed by atoms with Crippen LogP contribution < -0.4 is 0 Å². The molecule has 7 heteroatoms. The Labute approximate surface area is 139 Å². The molecule has 126 valence electrons. The van der Waals surface area contributed by atoms with Crippen LogP contribution in [0, 0.1) is 13.8 Å². The van der Waals surface area contributed by atoms with Gasteiger partial charge in [0, 0.05) is 18.8 Å². The normalized spacial score (nSPS) is 11.4. The quantitative estimate of drug-likeness (QED) is 0.731. The van der Waals surface area contributed by atoms with Gasteiger partial charge in [0.2, 0.25) is 0 Å². The molecule has 0 bridgehead atoms. The summed E-state index contributed by atoms with van der Waals surface area (Å²) in [5.41, 5.74) is 3.10. The third-order valence-corrected chi connectivity index (χ3v) is 3.88. The van der Waals surface area contributed by atoms with E-state index in [9.17, 15) is 4.79 Å². The molecule has 0 aliphatic heterocycles. The summed E-state index contributed by atoms with van der Waals surface area (Å²) < 4.78 is 10.3. The first kappa shape index (κ1) is 16.2. The number of nitrogens with zero attached hydrogens (tertiary/aromatic N) is 4. The number of hydrogen-bond acceptors (Lipinski definition) is 6. The molecule has 0 aliphatic rings. The predicted molar refractivity (Wildman–Crippen MR) is 87.7 cm³/mol. The zero-order chi connectivity index (χ0) is 17.4. The Balaban J connectivity index is 2.00. The Bertz CT molecular complexity index is 895. The average Bonchev–Trinajstić information content (AvgIpc) is 3.11. The summed E-state index contributed by atoms with van der Waals surface area (Å²) in [5.74, 6) is 0.764. The Morgan fingerprint density at radius 1 is 1.21 bits per heavy atom. The van der Waals surface area contributed by atoms with E-state index in [2.05, 4.69) is 15.3 Å². The fraction of sp³-hybridized carbons (Fsp3) is 0.412. The van der Waals surface area contributed by atoms with Crippen molar-refractivity contribution in [3.05, 3.63) is 40.5 Å². The summed E-state index contributed by atoms with van der Waals surface area (Å²) >= 11 is 0. The molecule has 3 rings (SSSR count). The summed E-state index contributed by atoms with van der Waals surface area (Å²) in [6.07, 6.45) is 0. The number of carbonyl (C=O) groups is 1. The van der Waals surface area contributed by atoms with Gasteiger partial charge in [-0.25, -0.2) is 4.98 Å². The molecule has 0 unspecified atom stereocenters. The van der Waals surface area contributed by atoms with Crippen molar-refractivity contribution in [3.63, 3.8) is 0 Å². The maximum absolute atomic E-state index is 13.0. The molecule has 0 aliphatic carbocycles. The van der Waals surface area contributed by atoms with Gasteiger partial charge < -0.3 is 13.9 Å². The lowest BCUT2D eigenvalue weighted by Crippen LogP contribution is -2.27. The zero-order valence-electron chi connectivity index (χ0n) is 14.5. The number of pyridine rings is 1. The van der Waals surface area contributed by atoms with Crippen LogP contribution in [0.15, 0.2) is 21.2 Å². The van der Waals surface area contributed by atoms with Crippen LogP contribution >= 0.6 is 0 Å². The molecular formula is C17H20N4O3. The van der Waals surface area contributed by atoms with E-state index in [1.54, 1.807) is 18.9 Å². The number of fused-ring (bicyclic) bond motifs is 1. The molecule has 3 aromatic heterocycles. The first-order chi connectivity index (χ1) is 11.4. The van der Waals surface area contributed by atoms with Gasteiger partial charge >= 0.3 is 0 Å². The van der Waals surface area contributed by atoms with Gasteiger partial charge in [-0.15, -0.1) is 0 Å². The smallest absolute Gasteiger partial charge is 0.259 e. The van der Waals surface area contributed by atoms with Crippen LogP contribution in [0.1, 0.15) is 53.0 Å². The topological polar surface area (TPSA) is 85.3 Å². The van der Waals surface area contributed by atoms with Crippen LogP contribution in [0.4, 0.5) is 0 Å². The highest BCUT2D eigenvalue weighted by Gasteiger charge is 2.22. The number of aryl methyl sites for hydroxylation is 2. The monoisotopic (exact) mass is 328 g/mol. The molecule has 0 N–H and O–H groups in total. The standard InChI is InChI=1S/C17H20N4O3/c1-9(2)14-7-13(15-11(4)19-24-16(15)18-14)17(22)21(5)8-12-6-10(3)23-20-12/h6-7,9H,8H2,1-5H3. The average molecular weight is 328 g/mol. The lowest BCUT2D eigenvalue weighted by Gasteiger charge is -2.17. The first-order valence-electron chi connectivity index (χ1n) is 7.81. The molecule has 0 fully saturated rings. The van der Waals surface area contributed by atoms with E-state index in [4.69, 9.17) is 9.05 Å². The number of hydrogen-bond donors (Lipinski definition) is 0. The predicted octanol–water partition coefficient (Wildman–Crippen LogP) is 3.22. The molecule has 7 nitrogen and oxygen atoms in total. The molecule has 1 amide bonds. The number of amides is 1. The minimum atomic E-state index is -0.128. The van der Waals surface area contributed by atoms with E-state index in [1.165, 1.54) is 0 Å². The SMILES string of the molecule is Cc1cc(CN(C)C(=O)c2cc(C(C)C)nc3onc(C)c23)no1. The molecule has 24 heavy (non-hydrogen) atoms. The van der Waals surface area contributed by atoms with E-state index in [1.807, 2.05) is 32.9 Å². The second-order valence-corrected chi connectivity index (χ2v) is 6.29. The largest absolute Gasteiger partial charge is 0.361 e. The van der Waals surface area contributed by atoms with Gasteiger partial charge in [-0.1, -0.05) is 24.2 Å². The molecular weight excluding hydrogens is 308 g/mol. The Hall–Kier alpha value is -2.70. The van der Waals surface area contributed by atoms with Crippen molar-refractivity contribution in [1.29, 1.82) is 0 Å². The van der Waals surface area contributed by atoms with Crippen molar-refractivity contribution in [2.45, 2.75) is 40.2 Å². The minimum absolute atomic E-state index is 0.128. The lowest BCUT2D eigenvalue weighted by atomic mass is 10.0. The highest BCUT2D eigenvalue weighted by atomic mass is 16.5. The van der Waals surface area contributed by atoms with E-state index in [0.717, 1.165) is 5.69 Å². The number of aromatic nitrogens is 3. The molecule has 0 atom stereocenters. The molecule has 0 saturated carbocycles. The van der Waals surface area contributed by atoms with Crippen molar-refractivity contribution in [3.8, 4) is 0 Å². The van der Waals surface area contributed by atoms with Gasteiger partial charge in [-0.05, 0) is 25.8 Å². The maximum atomic E-state index is 13.0. The highest BCUT2D eigenvalue weighted by molar-refractivity contribution is 6.05. The molecule has 3 aromatic rings. The van der Waals surface area contributed by atoms with Crippen molar-refractivity contribution >= 4 is 17.0 Å². The Morgan fingerprint density at radius 3 is 2.58 bits per heavy atom. The first-order valence-corrected chi connectivity index (χ1v) is 7.81. The fourth-order valence-corrected chi connectivity index (χ4v) is 2.59. The van der Waals surface area contributed by atoms with Gasteiger partial charge in [-0.3, -0.25) is 4.79 Å². The van der Waals surface area contributed by atoms with Crippen LogP contribution in [0.3, 0.4) is 0 Å². The minimum Gasteiger partial charge on any atom is -0.361 e. The number of rotatable bonds is 4. The van der Waals surface area contributed by atoms with Crippen LogP contribution in [0.5, 0.6) is 0 Å². The Morgan fingerprint density at radius 2 is 1.96 bits per heavy atom. The molecule has 0 aromatic carbocycles. The molecule has 3 heterocycles. The van der Waals surface area contributed by atoms with Crippen molar-refractivity contribution in [2.24, 2.45) is 0 Å². The maximum Gasteiger partial charge on any atom is 0.259 e. The van der Waals surface area contributed by atoms with E-state index in [-0.39, 0.29) is 11.8 Å². The summed E-state index contributed by atoms with van der Waals surface area (Å²) in [5, 5.41) is 8.55. The summed E-state index contributed by atoms with van der Waals surface area (Å²) in [6.45, 7) is 8.03. The fourth-order valence-electron chi connectivity index (χ4n) is 2.59. The third-order valence-electron chi connectivity index (χ3n) is 3.88. The molecule has 0 spiro atoms. The van der Waals surface area contributed by atoms with Gasteiger partial charge in [0.25, 0.3) is 11.6 Å². The van der Waals surface area contributed by atoms with Crippen LogP contribution in [-0.4, -0.2) is 33.2 Å². The van der Waals surface area contributed by atoms with E-state index >= 15 is 0 Å². The van der Waals surface area contributed by atoms with Gasteiger partial charge in [0.1, 0.15) is 11.5 Å². The van der Waals surface area contributed by atoms with Crippen LogP contribution in [0.25, 0.3) is 11.1 Å². The summed E-state index contributed by atoms with van der Waals surface area (Å²) in [7, 11) is 1.73. The van der Waals surface area contributed by atoms with Gasteiger partial charge in [0.05, 0.1) is 23.2 Å². The number of carbonyl (C=O) groups excluding carboxylic acids is 1. The summed E-state index contributed by atoms with van der Waals surface area (Å²) in [4.78, 5) is 19.0. The van der Waals surface area contributed by atoms with Crippen molar-refractivity contribution in [2.75, 3.05) is 7.05 Å². The molecule has 0 radical (unpaired) electrons. The molecule has 0 saturated heterocycles. The Kier molecular flexibility index (Phi) is 4.09. The van der Waals surface area contributed by atoms with E-state index in [0.29, 0.717) is 40.4 Å². The zero-order valence-corrected chi connectivity index (χ0v) is 14.5.